The van der Waals surface area contributed by atoms with Crippen LogP contribution < -0.4 is 10.6 Å². The van der Waals surface area contributed by atoms with E-state index in [1.165, 1.54) is 35.7 Å². The molecule has 1 atom stereocenters. The number of rotatable bonds is 10. The van der Waals surface area contributed by atoms with Crippen molar-refractivity contribution in [3.05, 3.63) is 46.7 Å². The Balaban J connectivity index is 1.97. The third-order valence-corrected chi connectivity index (χ3v) is 4.66. The highest BCUT2D eigenvalue weighted by Crippen LogP contribution is 2.13. The van der Waals surface area contributed by atoms with Gasteiger partial charge < -0.3 is 15.4 Å². The van der Waals surface area contributed by atoms with Crippen molar-refractivity contribution in [2.24, 2.45) is 0 Å². The maximum atomic E-state index is 13.3. The van der Waals surface area contributed by atoms with Crippen molar-refractivity contribution in [3.8, 4) is 0 Å². The lowest BCUT2D eigenvalue weighted by molar-refractivity contribution is -0.118. The molecule has 0 spiro atoms. The molecule has 0 aliphatic carbocycles. The van der Waals surface area contributed by atoms with Crippen LogP contribution in [0.2, 0.25) is 0 Å². The van der Waals surface area contributed by atoms with Gasteiger partial charge in [-0.1, -0.05) is 18.9 Å². The number of amides is 2. The van der Waals surface area contributed by atoms with E-state index in [1.807, 2.05) is 0 Å². The lowest BCUT2D eigenvalue weighted by Gasteiger charge is -2.18. The Morgan fingerprint density at radius 3 is 2.70 bits per heavy atom. The van der Waals surface area contributed by atoms with E-state index in [4.69, 9.17) is 0 Å². The molecular weight excluding hydrogens is 369 g/mol. The summed E-state index contributed by atoms with van der Waals surface area (Å²) < 4.78 is 13.3. The second-order valence-electron chi connectivity index (χ2n) is 6.19. The Morgan fingerprint density at radius 2 is 2.04 bits per heavy atom. The Labute approximate surface area is 161 Å². The largest absolute Gasteiger partial charge is 0.339 e. The molecule has 1 heterocycles. The van der Waals surface area contributed by atoms with E-state index >= 15 is 0 Å². The van der Waals surface area contributed by atoms with Crippen LogP contribution in [0.3, 0.4) is 0 Å². The van der Waals surface area contributed by atoms with Crippen molar-refractivity contribution in [2.45, 2.75) is 45.1 Å². The SMILES string of the molecule is CC(=O)CCCCC[C@H](NC(=O)c1cncs1)C(=O)Nc1cccc(F)c1. The van der Waals surface area contributed by atoms with E-state index in [1.54, 1.807) is 18.5 Å². The van der Waals surface area contributed by atoms with Crippen LogP contribution in [0.25, 0.3) is 0 Å². The summed E-state index contributed by atoms with van der Waals surface area (Å²) in [6.45, 7) is 1.55. The molecule has 2 amide bonds. The maximum absolute atomic E-state index is 13.3. The van der Waals surface area contributed by atoms with Gasteiger partial charge in [-0.3, -0.25) is 14.6 Å². The lowest BCUT2D eigenvalue weighted by Crippen LogP contribution is -2.43. The summed E-state index contributed by atoms with van der Waals surface area (Å²) in [6.07, 6.45) is 4.57. The summed E-state index contributed by atoms with van der Waals surface area (Å²) in [6, 6.07) is 4.81. The minimum absolute atomic E-state index is 0.133. The molecule has 0 aliphatic heterocycles. The average molecular weight is 391 g/mol. The second kappa shape index (κ2) is 10.5. The van der Waals surface area contributed by atoms with Gasteiger partial charge in [0, 0.05) is 12.1 Å². The molecule has 2 N–H and O–H groups in total. The molecule has 0 saturated heterocycles. The number of carbonyl (C=O) groups excluding carboxylic acids is 3. The molecule has 2 rings (SSSR count). The van der Waals surface area contributed by atoms with Crippen molar-refractivity contribution < 1.29 is 18.8 Å². The third kappa shape index (κ3) is 7.26. The van der Waals surface area contributed by atoms with E-state index in [-0.39, 0.29) is 11.7 Å². The predicted molar refractivity (Wildman–Crippen MR) is 102 cm³/mol. The number of ketones is 1. The Bertz CT molecular complexity index is 780. The number of unbranched alkanes of at least 4 members (excludes halogenated alkanes) is 2. The maximum Gasteiger partial charge on any atom is 0.263 e. The summed E-state index contributed by atoms with van der Waals surface area (Å²) in [7, 11) is 0. The smallest absolute Gasteiger partial charge is 0.263 e. The first-order valence-corrected chi connectivity index (χ1v) is 9.59. The molecule has 0 unspecified atom stereocenters. The van der Waals surface area contributed by atoms with Crippen LogP contribution in [-0.2, 0) is 9.59 Å². The van der Waals surface area contributed by atoms with Gasteiger partial charge in [0.2, 0.25) is 5.91 Å². The quantitative estimate of drug-likeness (QED) is 0.606. The molecule has 1 aromatic carbocycles. The number of nitrogens with zero attached hydrogens (tertiary/aromatic N) is 1. The van der Waals surface area contributed by atoms with Crippen molar-refractivity contribution >= 4 is 34.6 Å². The fourth-order valence-electron chi connectivity index (χ4n) is 2.52. The number of hydrogen-bond donors (Lipinski definition) is 2. The predicted octanol–water partition coefficient (Wildman–Crippen LogP) is 3.56. The van der Waals surface area contributed by atoms with Crippen LogP contribution in [0, 0.1) is 5.82 Å². The summed E-state index contributed by atoms with van der Waals surface area (Å²) in [4.78, 5) is 40.1. The minimum Gasteiger partial charge on any atom is -0.339 e. The fraction of sp³-hybridized carbons (Fsp3) is 0.368. The molecule has 0 aliphatic rings. The standard InChI is InChI=1S/C19H22FN3O3S/c1-13(24)6-3-2-4-9-16(23-19(26)17-11-21-12-27-17)18(25)22-15-8-5-7-14(20)10-15/h5,7-8,10-12,16H,2-4,6,9H2,1H3,(H,22,25)(H,23,26)/t16-/m0/s1. The van der Waals surface area contributed by atoms with Gasteiger partial charge in [-0.2, -0.15) is 0 Å². The van der Waals surface area contributed by atoms with E-state index < -0.39 is 17.8 Å². The number of thiazole rings is 1. The van der Waals surface area contributed by atoms with Gasteiger partial charge >= 0.3 is 0 Å². The second-order valence-corrected chi connectivity index (χ2v) is 7.08. The first-order chi connectivity index (χ1) is 13.0. The molecule has 2 aromatic rings. The van der Waals surface area contributed by atoms with Gasteiger partial charge in [0.1, 0.15) is 22.5 Å². The normalized spacial score (nSPS) is 11.6. The number of Topliss-reactive ketones (excluding diaryl/α,β-unsaturated/α-hetero) is 1. The Morgan fingerprint density at radius 1 is 1.22 bits per heavy atom. The van der Waals surface area contributed by atoms with Crippen LogP contribution in [0.5, 0.6) is 0 Å². The van der Waals surface area contributed by atoms with Crippen molar-refractivity contribution in [1.29, 1.82) is 0 Å². The monoisotopic (exact) mass is 391 g/mol. The third-order valence-electron chi connectivity index (χ3n) is 3.89. The molecular formula is C19H22FN3O3S. The van der Waals surface area contributed by atoms with Gasteiger partial charge in [-0.15, -0.1) is 11.3 Å². The minimum atomic E-state index is -0.764. The number of aromatic nitrogens is 1. The van der Waals surface area contributed by atoms with Crippen molar-refractivity contribution in [1.82, 2.24) is 10.3 Å². The first kappa shape index (κ1) is 20.7. The first-order valence-electron chi connectivity index (χ1n) is 8.71. The molecule has 0 fully saturated rings. The lowest BCUT2D eigenvalue weighted by atomic mass is 10.1. The highest BCUT2D eigenvalue weighted by atomic mass is 32.1. The van der Waals surface area contributed by atoms with Gasteiger partial charge in [-0.25, -0.2) is 4.39 Å². The van der Waals surface area contributed by atoms with E-state index in [2.05, 4.69) is 15.6 Å². The van der Waals surface area contributed by atoms with Gasteiger partial charge in [0.15, 0.2) is 0 Å². The Kier molecular flexibility index (Phi) is 8.06. The van der Waals surface area contributed by atoms with E-state index in [9.17, 15) is 18.8 Å². The molecule has 6 nitrogen and oxygen atoms in total. The van der Waals surface area contributed by atoms with Gasteiger partial charge in [0.05, 0.1) is 11.7 Å². The molecule has 8 heteroatoms. The number of nitrogens with one attached hydrogen (secondary N) is 2. The van der Waals surface area contributed by atoms with Crippen LogP contribution >= 0.6 is 11.3 Å². The molecule has 1 aromatic heterocycles. The number of anilines is 1. The zero-order valence-electron chi connectivity index (χ0n) is 15.0. The molecule has 27 heavy (non-hydrogen) atoms. The number of hydrogen-bond acceptors (Lipinski definition) is 5. The highest BCUT2D eigenvalue weighted by Gasteiger charge is 2.22. The van der Waals surface area contributed by atoms with Crippen molar-refractivity contribution in [3.63, 3.8) is 0 Å². The zero-order chi connectivity index (χ0) is 19.6. The van der Waals surface area contributed by atoms with Crippen LogP contribution in [0.4, 0.5) is 10.1 Å². The zero-order valence-corrected chi connectivity index (χ0v) is 15.9. The van der Waals surface area contributed by atoms with E-state index in [0.29, 0.717) is 29.8 Å². The van der Waals surface area contributed by atoms with Gasteiger partial charge in [0.25, 0.3) is 5.91 Å². The summed E-state index contributed by atoms with van der Waals surface area (Å²) in [5.74, 6) is -1.11. The van der Waals surface area contributed by atoms with Crippen LogP contribution in [0.15, 0.2) is 36.0 Å². The van der Waals surface area contributed by atoms with E-state index in [0.717, 1.165) is 12.8 Å². The Hall–Kier alpha value is -2.61. The molecule has 0 bridgehead atoms. The van der Waals surface area contributed by atoms with Crippen molar-refractivity contribution in [2.75, 3.05) is 5.32 Å². The number of carbonyl (C=O) groups is 3. The summed E-state index contributed by atoms with van der Waals surface area (Å²) in [5, 5.41) is 5.35. The fourth-order valence-corrected chi connectivity index (χ4v) is 3.04. The van der Waals surface area contributed by atoms with Crippen LogP contribution in [-0.4, -0.2) is 28.6 Å². The summed E-state index contributed by atoms with van der Waals surface area (Å²) in [5.41, 5.74) is 1.87. The topological polar surface area (TPSA) is 88.2 Å². The number of benzene rings is 1. The molecule has 0 radical (unpaired) electrons. The highest BCUT2D eigenvalue weighted by molar-refractivity contribution is 7.11. The molecule has 0 saturated carbocycles. The van der Waals surface area contributed by atoms with Crippen LogP contribution in [0.1, 0.15) is 48.7 Å². The average Bonchev–Trinajstić information content (AvgIpc) is 3.14. The summed E-state index contributed by atoms with van der Waals surface area (Å²) >= 11 is 1.18. The number of halogens is 1. The van der Waals surface area contributed by atoms with Gasteiger partial charge in [-0.05, 0) is 38.0 Å². The molecule has 144 valence electrons.